The zero-order valence-corrected chi connectivity index (χ0v) is 30.0. The van der Waals surface area contributed by atoms with Gasteiger partial charge < -0.3 is 4.57 Å². The van der Waals surface area contributed by atoms with Gasteiger partial charge >= 0.3 is 0 Å². The molecule has 0 unspecified atom stereocenters. The summed E-state index contributed by atoms with van der Waals surface area (Å²) in [5.41, 5.74) is 12.7. The summed E-state index contributed by atoms with van der Waals surface area (Å²) in [6.45, 7) is 6.07. The molecule has 6 aromatic carbocycles. The predicted octanol–water partition coefficient (Wildman–Crippen LogP) is 14.0. The van der Waals surface area contributed by atoms with Crippen LogP contribution >= 0.6 is 11.3 Å². The van der Waals surface area contributed by atoms with Gasteiger partial charge in [-0.25, -0.2) is 0 Å². The van der Waals surface area contributed by atoms with Gasteiger partial charge in [0.05, 0.1) is 16.7 Å². The van der Waals surface area contributed by atoms with Crippen molar-refractivity contribution in [3.05, 3.63) is 187 Å². The van der Waals surface area contributed by atoms with Gasteiger partial charge in [-0.1, -0.05) is 127 Å². The Labute approximate surface area is 308 Å². The Kier molecular flexibility index (Phi) is 8.34. The van der Waals surface area contributed by atoms with E-state index < -0.39 is 0 Å². The third-order valence-electron chi connectivity index (χ3n) is 10.2. The largest absolute Gasteiger partial charge is 0.309 e. The van der Waals surface area contributed by atoms with Crippen LogP contribution in [0, 0.1) is 0 Å². The summed E-state index contributed by atoms with van der Waals surface area (Å²) < 4.78 is 5.06. The molecule has 0 radical (unpaired) electrons. The third kappa shape index (κ3) is 5.74. The second-order valence-electron chi connectivity index (χ2n) is 13.4. The molecule has 1 aliphatic carbocycles. The van der Waals surface area contributed by atoms with E-state index in [9.17, 15) is 0 Å². The molecule has 1 aliphatic rings. The number of aromatic nitrogens is 1. The number of aliphatic imine (C=N–C) groups is 1. The summed E-state index contributed by atoms with van der Waals surface area (Å²) in [4.78, 5) is 5.22. The lowest BCUT2D eigenvalue weighted by atomic mass is 9.98. The highest BCUT2D eigenvalue weighted by atomic mass is 32.1. The molecule has 8 aromatic rings. The number of benzene rings is 6. The molecule has 0 N–H and O–H groups in total. The Bertz CT molecular complexity index is 2780. The van der Waals surface area contributed by atoms with Crippen LogP contribution in [-0.4, -0.2) is 10.3 Å². The number of nitrogens with zero attached hydrogens (tertiary/aromatic N) is 2. The van der Waals surface area contributed by atoms with Crippen LogP contribution in [0.5, 0.6) is 0 Å². The van der Waals surface area contributed by atoms with Crippen molar-refractivity contribution < 1.29 is 0 Å². The van der Waals surface area contributed by atoms with E-state index >= 15 is 0 Å². The summed E-state index contributed by atoms with van der Waals surface area (Å²) in [5.74, 6) is 0. The first-order valence-electron chi connectivity index (χ1n) is 18.0. The highest BCUT2D eigenvalue weighted by Crippen LogP contribution is 2.42. The predicted molar refractivity (Wildman–Crippen MR) is 227 cm³/mol. The highest BCUT2D eigenvalue weighted by molar-refractivity contribution is 7.26. The minimum atomic E-state index is 0.753. The smallest absolute Gasteiger partial charge is 0.0668 e. The fraction of sp³-hybridized carbons (Fsp3) is 0.0816. The molecular formula is C49H38N2S. The van der Waals surface area contributed by atoms with Crippen molar-refractivity contribution in [1.29, 1.82) is 0 Å². The first-order valence-corrected chi connectivity index (χ1v) is 18.9. The third-order valence-corrected chi connectivity index (χ3v) is 11.4. The lowest BCUT2D eigenvalue weighted by Gasteiger charge is -2.12. The fourth-order valence-corrected chi connectivity index (χ4v) is 8.83. The average molecular weight is 687 g/mol. The quantitative estimate of drug-likeness (QED) is 0.112. The molecule has 2 nitrogen and oxygen atoms in total. The zero-order chi connectivity index (χ0) is 35.0. The van der Waals surface area contributed by atoms with Gasteiger partial charge in [-0.15, -0.1) is 17.9 Å². The molecule has 2 heterocycles. The zero-order valence-electron chi connectivity index (χ0n) is 29.2. The molecule has 0 fully saturated rings. The van der Waals surface area contributed by atoms with Crippen molar-refractivity contribution in [3.63, 3.8) is 0 Å². The molecule has 0 aliphatic heterocycles. The van der Waals surface area contributed by atoms with E-state index in [2.05, 4.69) is 176 Å². The fourth-order valence-electron chi connectivity index (χ4n) is 7.59. The SMILES string of the molecule is C=CC/C=C(\N=C(C)c1cccc(-n2c3ccccc3c3cc(-c4cccc5c4sc4ccccc45)ccc32)c1)c1ccc(C2=CCCC=C2)cc1. The average Bonchev–Trinajstić information content (AvgIpc) is 3.75. The van der Waals surface area contributed by atoms with Crippen LogP contribution in [0.2, 0.25) is 0 Å². The summed E-state index contributed by atoms with van der Waals surface area (Å²) in [6.07, 6.45) is 13.9. The summed E-state index contributed by atoms with van der Waals surface area (Å²) in [6, 6.07) is 48.7. The van der Waals surface area contributed by atoms with Crippen molar-refractivity contribution in [1.82, 2.24) is 4.57 Å². The monoisotopic (exact) mass is 686 g/mol. The van der Waals surface area contributed by atoms with Crippen LogP contribution in [0.3, 0.4) is 0 Å². The van der Waals surface area contributed by atoms with Gasteiger partial charge in [-0.05, 0) is 96.0 Å². The molecule has 0 saturated carbocycles. The van der Waals surface area contributed by atoms with E-state index in [4.69, 9.17) is 4.99 Å². The van der Waals surface area contributed by atoms with Gasteiger partial charge in [0.15, 0.2) is 0 Å². The van der Waals surface area contributed by atoms with Crippen molar-refractivity contribution >= 4 is 70.3 Å². The van der Waals surface area contributed by atoms with Crippen LogP contribution in [0.15, 0.2) is 175 Å². The Morgan fingerprint density at radius 3 is 2.33 bits per heavy atom. The van der Waals surface area contributed by atoms with Crippen molar-refractivity contribution in [3.8, 4) is 16.8 Å². The van der Waals surface area contributed by atoms with Crippen LogP contribution in [0.25, 0.3) is 70.1 Å². The number of allylic oxidation sites excluding steroid dienone is 6. The number of hydrogen-bond donors (Lipinski definition) is 0. The minimum Gasteiger partial charge on any atom is -0.309 e. The number of para-hydroxylation sites is 1. The van der Waals surface area contributed by atoms with Gasteiger partial charge in [-0.3, -0.25) is 4.99 Å². The molecule has 2 aromatic heterocycles. The Morgan fingerprint density at radius 2 is 1.48 bits per heavy atom. The van der Waals surface area contributed by atoms with Crippen molar-refractivity contribution in [2.24, 2.45) is 4.99 Å². The Morgan fingerprint density at radius 1 is 0.712 bits per heavy atom. The highest BCUT2D eigenvalue weighted by Gasteiger charge is 2.16. The maximum atomic E-state index is 5.22. The second-order valence-corrected chi connectivity index (χ2v) is 14.5. The molecule has 9 rings (SSSR count). The molecular weight excluding hydrogens is 649 g/mol. The van der Waals surface area contributed by atoms with E-state index in [1.165, 1.54) is 64.2 Å². The van der Waals surface area contributed by atoms with Gasteiger partial charge in [0.1, 0.15) is 0 Å². The molecule has 0 spiro atoms. The second kappa shape index (κ2) is 13.6. The van der Waals surface area contributed by atoms with Crippen molar-refractivity contribution in [2.45, 2.75) is 26.2 Å². The summed E-state index contributed by atoms with van der Waals surface area (Å²) >= 11 is 1.88. The van der Waals surface area contributed by atoms with E-state index in [0.29, 0.717) is 0 Å². The lowest BCUT2D eigenvalue weighted by molar-refractivity contribution is 1.04. The van der Waals surface area contributed by atoms with E-state index in [1.54, 1.807) is 0 Å². The number of hydrogen-bond acceptors (Lipinski definition) is 2. The Balaban J connectivity index is 1.11. The van der Waals surface area contributed by atoms with Crippen molar-refractivity contribution in [2.75, 3.05) is 0 Å². The Hall–Kier alpha value is -6.03. The standard InChI is InChI=1S/C49H38N2S/c1-3-4-22-45(36-27-25-35(26-28-36)34-14-6-5-7-15-34)50-33(2)37-16-12-17-39(31-37)51-46-23-10-8-18-41(46)44-32-38(29-30-47(44)51)40-20-13-21-43-42-19-9-11-24-48(42)52-49(40)43/h3,6,8-32H,1,4-5,7H2,2H3/b45-22-,50-33?. The number of fused-ring (bicyclic) bond motifs is 6. The first-order chi connectivity index (χ1) is 25.7. The van der Waals surface area contributed by atoms with Crippen LogP contribution < -0.4 is 0 Å². The topological polar surface area (TPSA) is 17.3 Å². The van der Waals surface area contributed by atoms with E-state index in [-0.39, 0.29) is 0 Å². The van der Waals surface area contributed by atoms with Gasteiger partial charge in [0.25, 0.3) is 0 Å². The number of rotatable bonds is 8. The lowest BCUT2D eigenvalue weighted by Crippen LogP contribution is -2.00. The first kappa shape index (κ1) is 31.9. The van der Waals surface area contributed by atoms with Crippen LogP contribution in [0.1, 0.15) is 42.9 Å². The van der Waals surface area contributed by atoms with Gasteiger partial charge in [0.2, 0.25) is 0 Å². The minimum absolute atomic E-state index is 0.753. The molecule has 0 amide bonds. The molecule has 0 atom stereocenters. The maximum absolute atomic E-state index is 5.22. The van der Waals surface area contributed by atoms with E-state index in [0.717, 1.165) is 47.5 Å². The van der Waals surface area contributed by atoms with Crippen LogP contribution in [-0.2, 0) is 0 Å². The summed E-state index contributed by atoms with van der Waals surface area (Å²) in [5, 5.41) is 5.14. The van der Waals surface area contributed by atoms with E-state index in [1.807, 2.05) is 17.4 Å². The number of thiophene rings is 1. The van der Waals surface area contributed by atoms with Gasteiger partial charge in [0, 0.05) is 42.3 Å². The summed E-state index contributed by atoms with van der Waals surface area (Å²) in [7, 11) is 0. The molecule has 250 valence electrons. The van der Waals surface area contributed by atoms with Crippen LogP contribution in [0.4, 0.5) is 0 Å². The normalized spacial score (nSPS) is 13.8. The maximum Gasteiger partial charge on any atom is 0.0668 e. The van der Waals surface area contributed by atoms with Gasteiger partial charge in [-0.2, -0.15) is 0 Å². The molecule has 0 bridgehead atoms. The molecule has 52 heavy (non-hydrogen) atoms. The molecule has 0 saturated heterocycles. The molecule has 3 heteroatoms.